The van der Waals surface area contributed by atoms with Gasteiger partial charge in [-0.15, -0.1) is 11.8 Å². The molecular weight excluding hydrogens is 406 g/mol. The molecule has 31 heavy (non-hydrogen) atoms. The predicted octanol–water partition coefficient (Wildman–Crippen LogP) is 5.58. The van der Waals surface area contributed by atoms with Crippen LogP contribution in [0, 0.1) is 18.8 Å². The molecule has 0 saturated heterocycles. The van der Waals surface area contributed by atoms with Crippen molar-refractivity contribution in [2.75, 3.05) is 16.0 Å². The number of rotatable bonds is 4. The van der Waals surface area contributed by atoms with Crippen LogP contribution >= 0.6 is 11.8 Å². The first-order valence-electron chi connectivity index (χ1n) is 11.1. The van der Waals surface area contributed by atoms with Gasteiger partial charge in [-0.3, -0.25) is 4.79 Å². The Morgan fingerprint density at radius 2 is 1.90 bits per heavy atom. The van der Waals surface area contributed by atoms with Crippen molar-refractivity contribution in [1.29, 1.82) is 0 Å². The molecule has 0 spiro atoms. The van der Waals surface area contributed by atoms with Gasteiger partial charge in [0.05, 0.1) is 18.0 Å². The highest BCUT2D eigenvalue weighted by Crippen LogP contribution is 2.38. The summed E-state index contributed by atoms with van der Waals surface area (Å²) in [6, 6.07) is 14.1. The molecule has 0 aromatic heterocycles. The summed E-state index contributed by atoms with van der Waals surface area (Å²) in [5, 5.41) is 6.14. The summed E-state index contributed by atoms with van der Waals surface area (Å²) < 4.78 is 0. The smallest absolute Gasteiger partial charge is 0.319 e. The molecule has 4 rings (SSSR count). The molecule has 6 heteroatoms. The minimum Gasteiger partial charge on any atom is -0.335 e. The Hall–Kier alpha value is -2.47. The van der Waals surface area contributed by atoms with E-state index >= 15 is 0 Å². The number of amides is 3. The second-order valence-electron chi connectivity index (χ2n) is 8.91. The summed E-state index contributed by atoms with van der Waals surface area (Å²) in [6.07, 6.45) is 3.41. The number of anilines is 2. The Balaban J connectivity index is 1.48. The predicted molar refractivity (Wildman–Crippen MR) is 128 cm³/mol. The van der Waals surface area contributed by atoms with E-state index < -0.39 is 0 Å². The van der Waals surface area contributed by atoms with E-state index in [4.69, 9.17) is 0 Å². The third kappa shape index (κ3) is 5.06. The fourth-order valence-electron chi connectivity index (χ4n) is 4.45. The first kappa shape index (κ1) is 21.8. The lowest BCUT2D eigenvalue weighted by molar-refractivity contribution is -0.116. The number of hydrogen-bond donors (Lipinski definition) is 2. The number of fused-ring (bicyclic) bond motifs is 1. The Kier molecular flexibility index (Phi) is 6.56. The highest BCUT2D eigenvalue weighted by atomic mass is 32.2. The van der Waals surface area contributed by atoms with Gasteiger partial charge in [-0.2, -0.15) is 0 Å². The first-order chi connectivity index (χ1) is 14.9. The molecule has 164 valence electrons. The van der Waals surface area contributed by atoms with Gasteiger partial charge in [-0.25, -0.2) is 4.79 Å². The van der Waals surface area contributed by atoms with Crippen LogP contribution in [0.4, 0.5) is 16.2 Å². The Bertz CT molecular complexity index is 960. The fraction of sp³-hybridized carbons (Fsp3) is 0.440. The van der Waals surface area contributed by atoms with E-state index in [0.29, 0.717) is 29.8 Å². The number of carbonyl (C=O) groups excluding carboxylic acids is 2. The molecule has 1 fully saturated rings. The number of benzene rings is 2. The maximum Gasteiger partial charge on any atom is 0.319 e. The van der Waals surface area contributed by atoms with Crippen LogP contribution in [0.15, 0.2) is 47.4 Å². The van der Waals surface area contributed by atoms with Crippen molar-refractivity contribution in [3.8, 4) is 0 Å². The number of nitrogens with one attached hydrogen (secondary N) is 2. The molecule has 0 unspecified atom stereocenters. The topological polar surface area (TPSA) is 61.4 Å². The number of urea groups is 1. The van der Waals surface area contributed by atoms with Gasteiger partial charge in [0.15, 0.2) is 0 Å². The first-order valence-corrected chi connectivity index (χ1v) is 12.1. The van der Waals surface area contributed by atoms with Gasteiger partial charge in [-0.1, -0.05) is 56.5 Å². The summed E-state index contributed by atoms with van der Waals surface area (Å²) in [5.41, 5.74) is 3.86. The van der Waals surface area contributed by atoms with Crippen LogP contribution in [-0.4, -0.2) is 23.7 Å². The van der Waals surface area contributed by atoms with Crippen LogP contribution in [0.1, 0.15) is 44.2 Å². The zero-order chi connectivity index (χ0) is 22.0. The minimum absolute atomic E-state index is 0.0877. The normalized spacial score (nSPS) is 23.3. The van der Waals surface area contributed by atoms with Gasteiger partial charge in [0, 0.05) is 16.6 Å². The van der Waals surface area contributed by atoms with Crippen LogP contribution in [0.3, 0.4) is 0 Å². The lowest BCUT2D eigenvalue weighted by atomic mass is 9.78. The van der Waals surface area contributed by atoms with Crippen LogP contribution in [0.25, 0.3) is 0 Å². The van der Waals surface area contributed by atoms with Gasteiger partial charge < -0.3 is 15.5 Å². The second-order valence-corrected chi connectivity index (χ2v) is 9.93. The molecule has 3 amide bonds. The molecule has 3 atom stereocenters. The van der Waals surface area contributed by atoms with E-state index in [2.05, 4.69) is 55.7 Å². The van der Waals surface area contributed by atoms with Gasteiger partial charge >= 0.3 is 6.03 Å². The molecule has 1 heterocycles. The van der Waals surface area contributed by atoms with Crippen molar-refractivity contribution >= 4 is 35.1 Å². The van der Waals surface area contributed by atoms with E-state index in [0.717, 1.165) is 29.0 Å². The van der Waals surface area contributed by atoms with Crippen molar-refractivity contribution in [2.24, 2.45) is 11.8 Å². The molecule has 2 aromatic carbocycles. The lowest BCUT2D eigenvalue weighted by Gasteiger charge is -2.34. The zero-order valence-electron chi connectivity index (χ0n) is 18.5. The third-order valence-electron chi connectivity index (χ3n) is 6.64. The third-order valence-corrected chi connectivity index (χ3v) is 7.69. The average Bonchev–Trinajstić information content (AvgIpc) is 2.75. The monoisotopic (exact) mass is 437 g/mol. The lowest BCUT2D eigenvalue weighted by Crippen LogP contribution is -2.45. The molecule has 2 aliphatic rings. The van der Waals surface area contributed by atoms with Crippen molar-refractivity contribution in [1.82, 2.24) is 5.32 Å². The van der Waals surface area contributed by atoms with Crippen molar-refractivity contribution < 1.29 is 9.59 Å². The van der Waals surface area contributed by atoms with Gasteiger partial charge in [-0.05, 0) is 48.9 Å². The largest absolute Gasteiger partial charge is 0.335 e. The van der Waals surface area contributed by atoms with Crippen LogP contribution in [0.5, 0.6) is 0 Å². The summed E-state index contributed by atoms with van der Waals surface area (Å²) >= 11 is 1.55. The highest BCUT2D eigenvalue weighted by Gasteiger charge is 2.29. The molecule has 1 saturated carbocycles. The summed E-state index contributed by atoms with van der Waals surface area (Å²) in [7, 11) is 0. The summed E-state index contributed by atoms with van der Waals surface area (Å²) in [5.74, 6) is 1.62. The van der Waals surface area contributed by atoms with Gasteiger partial charge in [0.25, 0.3) is 0 Å². The molecule has 2 aromatic rings. The van der Waals surface area contributed by atoms with Gasteiger partial charge in [0.2, 0.25) is 5.91 Å². The number of thioether (sulfide) groups is 1. The minimum atomic E-state index is -0.175. The number of hydrogen-bond acceptors (Lipinski definition) is 3. The van der Waals surface area contributed by atoms with E-state index in [1.165, 1.54) is 12.0 Å². The van der Waals surface area contributed by atoms with Crippen molar-refractivity contribution in [3.63, 3.8) is 0 Å². The van der Waals surface area contributed by atoms with E-state index in [-0.39, 0.29) is 18.0 Å². The zero-order valence-corrected chi connectivity index (χ0v) is 19.3. The maximum absolute atomic E-state index is 12.7. The Morgan fingerprint density at radius 1 is 1.13 bits per heavy atom. The van der Waals surface area contributed by atoms with Crippen molar-refractivity contribution in [2.45, 2.75) is 57.5 Å². The quantitative estimate of drug-likeness (QED) is 0.656. The molecule has 2 N–H and O–H groups in total. The Morgan fingerprint density at radius 3 is 2.68 bits per heavy atom. The highest BCUT2D eigenvalue weighted by molar-refractivity contribution is 8.00. The molecule has 1 aliphatic carbocycles. The van der Waals surface area contributed by atoms with E-state index in [1.54, 1.807) is 11.8 Å². The molecule has 0 radical (unpaired) electrons. The molecule has 5 nitrogen and oxygen atoms in total. The Labute approximate surface area is 189 Å². The maximum atomic E-state index is 12.7. The number of nitrogens with zero attached hydrogens (tertiary/aromatic N) is 1. The standard InChI is InChI=1S/C25H31N3O2S/c1-16-7-9-19(10-8-16)14-28-22-13-20(11-12-23(22)31-15-24(28)29)26-25(30)27-21-6-4-5-17(2)18(21)3/h7-13,17-18,21H,4-6,14-15H2,1-3H3,(H2,26,27,30)/t17-,18+,21-/m1/s1. The van der Waals surface area contributed by atoms with E-state index in [9.17, 15) is 9.59 Å². The SMILES string of the molecule is Cc1ccc(CN2C(=O)CSc3ccc(NC(=O)N[C@@H]4CCC[C@@H](C)[C@@H]4C)cc32)cc1. The average molecular weight is 438 g/mol. The van der Waals surface area contributed by atoms with Crippen LogP contribution < -0.4 is 15.5 Å². The van der Waals surface area contributed by atoms with Crippen LogP contribution in [0.2, 0.25) is 0 Å². The van der Waals surface area contributed by atoms with Crippen molar-refractivity contribution in [3.05, 3.63) is 53.6 Å². The summed E-state index contributed by atoms with van der Waals surface area (Å²) in [6.45, 7) is 7.07. The number of aryl methyl sites for hydroxylation is 1. The van der Waals surface area contributed by atoms with Gasteiger partial charge in [0.1, 0.15) is 0 Å². The second kappa shape index (κ2) is 9.35. The number of carbonyl (C=O) groups is 2. The molecule has 1 aliphatic heterocycles. The van der Waals surface area contributed by atoms with Crippen LogP contribution in [-0.2, 0) is 11.3 Å². The molecular formula is C25H31N3O2S. The summed E-state index contributed by atoms with van der Waals surface area (Å²) in [4.78, 5) is 28.2. The fourth-order valence-corrected chi connectivity index (χ4v) is 5.37. The van der Waals surface area contributed by atoms with E-state index in [1.807, 2.05) is 23.1 Å². The molecule has 0 bridgehead atoms.